The number of non-ortho nitro benzene ring substituents is 1. The Hall–Kier alpha value is -5.26. The van der Waals surface area contributed by atoms with Crippen molar-refractivity contribution < 1.29 is 27.6 Å². The van der Waals surface area contributed by atoms with Crippen LogP contribution in [0.2, 0.25) is 0 Å². The van der Waals surface area contributed by atoms with Gasteiger partial charge < -0.3 is 10.1 Å². The van der Waals surface area contributed by atoms with Crippen molar-refractivity contribution in [3.63, 3.8) is 0 Å². The maximum Gasteiger partial charge on any atom is 0.433 e. The molecule has 0 aliphatic rings. The van der Waals surface area contributed by atoms with Gasteiger partial charge in [-0.15, -0.1) is 0 Å². The van der Waals surface area contributed by atoms with Crippen molar-refractivity contribution >= 4 is 22.9 Å². The number of fused-ring (bicyclic) bond motifs is 1. The number of benzene rings is 3. The van der Waals surface area contributed by atoms with Gasteiger partial charge in [0.2, 0.25) is 0 Å². The lowest BCUT2D eigenvalue weighted by molar-refractivity contribution is -0.384. The number of carbonyl (C=O) groups is 1. The molecule has 2 heterocycles. The first-order valence-electron chi connectivity index (χ1n) is 11.5. The van der Waals surface area contributed by atoms with E-state index >= 15 is 0 Å². The van der Waals surface area contributed by atoms with Crippen LogP contribution in [0.4, 0.5) is 24.5 Å². The Morgan fingerprint density at radius 3 is 2.44 bits per heavy atom. The van der Waals surface area contributed by atoms with E-state index in [2.05, 4.69) is 15.4 Å². The smallest absolute Gasteiger partial charge is 0.433 e. The van der Waals surface area contributed by atoms with Gasteiger partial charge in [-0.05, 0) is 30.7 Å². The number of amides is 1. The molecular weight excluding hydrogens is 515 g/mol. The number of nitrogens with one attached hydrogen (secondary N) is 1. The minimum Gasteiger partial charge on any atom is -0.457 e. The zero-order chi connectivity index (χ0) is 27.7. The number of hydrogen-bond donors (Lipinski definition) is 1. The van der Waals surface area contributed by atoms with E-state index in [1.165, 1.54) is 12.1 Å². The highest BCUT2D eigenvalue weighted by atomic mass is 19.4. The molecule has 1 amide bonds. The van der Waals surface area contributed by atoms with Crippen molar-refractivity contribution in [2.75, 3.05) is 5.32 Å². The van der Waals surface area contributed by atoms with E-state index in [0.29, 0.717) is 15.8 Å². The molecule has 0 radical (unpaired) electrons. The van der Waals surface area contributed by atoms with Gasteiger partial charge in [0, 0.05) is 23.8 Å². The molecule has 0 atom stereocenters. The SMILES string of the molecule is Cc1cccc(Oc2cc(NC(=O)c3cc4nc(-c5ccccc5)cc(C(F)(F)F)n4n3)cc([N+](=O)[O-])c2)c1. The lowest BCUT2D eigenvalue weighted by Gasteiger charge is -2.11. The van der Waals surface area contributed by atoms with E-state index in [1.54, 1.807) is 48.5 Å². The first kappa shape index (κ1) is 25.4. The summed E-state index contributed by atoms with van der Waals surface area (Å²) in [5, 5.41) is 17.7. The lowest BCUT2D eigenvalue weighted by atomic mass is 10.1. The van der Waals surface area contributed by atoms with Crippen LogP contribution in [-0.2, 0) is 6.18 Å². The third kappa shape index (κ3) is 5.54. The van der Waals surface area contributed by atoms with Crippen LogP contribution in [0.1, 0.15) is 21.7 Å². The number of alkyl halides is 3. The van der Waals surface area contributed by atoms with Gasteiger partial charge in [-0.3, -0.25) is 14.9 Å². The third-order valence-corrected chi connectivity index (χ3v) is 5.61. The number of hydrogen-bond acceptors (Lipinski definition) is 6. The standard InChI is InChI=1S/C27H18F3N5O4/c1-16-6-5-9-20(10-16)39-21-12-18(11-19(13-21)35(37)38)31-26(36)23-15-25-32-22(17-7-3-2-4-8-17)14-24(27(28,29)30)34(25)33-23/h2-15H,1H3,(H,31,36). The molecule has 0 unspecified atom stereocenters. The molecule has 0 aliphatic heterocycles. The molecule has 0 aliphatic carbocycles. The van der Waals surface area contributed by atoms with Crippen molar-refractivity contribution in [1.29, 1.82) is 0 Å². The van der Waals surface area contributed by atoms with E-state index in [-0.39, 0.29) is 34.2 Å². The Bertz CT molecular complexity index is 1720. The molecule has 12 heteroatoms. The predicted octanol–water partition coefficient (Wildman–Crippen LogP) is 6.68. The van der Waals surface area contributed by atoms with Gasteiger partial charge in [-0.1, -0.05) is 42.5 Å². The van der Waals surface area contributed by atoms with Gasteiger partial charge in [0.15, 0.2) is 17.0 Å². The van der Waals surface area contributed by atoms with Crippen LogP contribution in [0, 0.1) is 17.0 Å². The van der Waals surface area contributed by atoms with Crippen molar-refractivity contribution in [2.45, 2.75) is 13.1 Å². The predicted molar refractivity (Wildman–Crippen MR) is 136 cm³/mol. The second-order valence-electron chi connectivity index (χ2n) is 8.54. The molecule has 1 N–H and O–H groups in total. The number of anilines is 1. The molecular formula is C27H18F3N5O4. The van der Waals surface area contributed by atoms with Crippen LogP contribution >= 0.6 is 0 Å². The normalized spacial score (nSPS) is 11.4. The van der Waals surface area contributed by atoms with Crippen LogP contribution in [0.3, 0.4) is 0 Å². The van der Waals surface area contributed by atoms with Crippen LogP contribution < -0.4 is 10.1 Å². The Morgan fingerprint density at radius 1 is 0.974 bits per heavy atom. The number of nitro benzene ring substituents is 1. The average Bonchev–Trinajstić information content (AvgIpc) is 3.32. The summed E-state index contributed by atoms with van der Waals surface area (Å²) in [5.41, 5.74) is -0.645. The lowest BCUT2D eigenvalue weighted by Crippen LogP contribution is -2.16. The molecule has 0 fully saturated rings. The molecule has 196 valence electrons. The minimum atomic E-state index is -4.79. The summed E-state index contributed by atoms with van der Waals surface area (Å²) in [4.78, 5) is 28.0. The van der Waals surface area contributed by atoms with E-state index in [4.69, 9.17) is 4.74 Å². The highest BCUT2D eigenvalue weighted by molar-refractivity contribution is 6.03. The highest BCUT2D eigenvalue weighted by Crippen LogP contribution is 2.33. The molecule has 5 aromatic rings. The number of nitro groups is 1. The first-order chi connectivity index (χ1) is 18.6. The molecule has 3 aromatic carbocycles. The molecule has 2 aromatic heterocycles. The Labute approximate surface area is 218 Å². The Morgan fingerprint density at radius 2 is 1.74 bits per heavy atom. The zero-order valence-electron chi connectivity index (χ0n) is 20.1. The number of aryl methyl sites for hydroxylation is 1. The van der Waals surface area contributed by atoms with Gasteiger partial charge in [-0.25, -0.2) is 9.50 Å². The van der Waals surface area contributed by atoms with Crippen LogP contribution in [0.15, 0.2) is 84.9 Å². The molecule has 0 bridgehead atoms. The van der Waals surface area contributed by atoms with Crippen molar-refractivity contribution in [2.24, 2.45) is 0 Å². The quantitative estimate of drug-likeness (QED) is 0.193. The third-order valence-electron chi connectivity index (χ3n) is 5.61. The first-order valence-corrected chi connectivity index (χ1v) is 11.5. The fourth-order valence-corrected chi connectivity index (χ4v) is 3.87. The fraction of sp³-hybridized carbons (Fsp3) is 0.0741. The minimum absolute atomic E-state index is 0.0112. The molecule has 9 nitrogen and oxygen atoms in total. The monoisotopic (exact) mass is 533 g/mol. The van der Waals surface area contributed by atoms with Crippen molar-refractivity contribution in [3.05, 3.63) is 112 Å². The van der Waals surface area contributed by atoms with Gasteiger partial charge in [0.25, 0.3) is 11.6 Å². The number of rotatable bonds is 6. The summed E-state index contributed by atoms with van der Waals surface area (Å²) in [7, 11) is 0. The molecule has 0 saturated carbocycles. The summed E-state index contributed by atoms with van der Waals surface area (Å²) in [6.45, 7) is 1.85. The van der Waals surface area contributed by atoms with Crippen molar-refractivity contribution in [3.8, 4) is 22.8 Å². The average molecular weight is 533 g/mol. The number of aromatic nitrogens is 3. The van der Waals surface area contributed by atoms with Crippen LogP contribution in [0.25, 0.3) is 16.9 Å². The zero-order valence-corrected chi connectivity index (χ0v) is 20.1. The fourth-order valence-electron chi connectivity index (χ4n) is 3.87. The van der Waals surface area contributed by atoms with Crippen LogP contribution in [0.5, 0.6) is 11.5 Å². The van der Waals surface area contributed by atoms with Gasteiger partial charge in [-0.2, -0.15) is 18.3 Å². The number of nitrogens with zero attached hydrogens (tertiary/aromatic N) is 4. The second kappa shape index (κ2) is 9.89. The molecule has 5 rings (SSSR count). The van der Waals surface area contributed by atoms with E-state index in [0.717, 1.165) is 23.8 Å². The summed E-state index contributed by atoms with van der Waals surface area (Å²) < 4.78 is 47.9. The van der Waals surface area contributed by atoms with Crippen molar-refractivity contribution in [1.82, 2.24) is 14.6 Å². The summed E-state index contributed by atoms with van der Waals surface area (Å²) in [5.74, 6) is -0.390. The number of halogens is 3. The second-order valence-corrected chi connectivity index (χ2v) is 8.54. The maximum absolute atomic E-state index is 13.9. The van der Waals surface area contributed by atoms with E-state index in [9.17, 15) is 28.1 Å². The Balaban J connectivity index is 1.50. The maximum atomic E-state index is 13.9. The molecule has 0 spiro atoms. The Kier molecular flexibility index (Phi) is 6.44. The number of carbonyl (C=O) groups excluding carboxylic acids is 1. The highest BCUT2D eigenvalue weighted by Gasteiger charge is 2.35. The molecule has 39 heavy (non-hydrogen) atoms. The number of ether oxygens (including phenoxy) is 1. The van der Waals surface area contributed by atoms with Gasteiger partial charge >= 0.3 is 6.18 Å². The molecule has 0 saturated heterocycles. The summed E-state index contributed by atoms with van der Waals surface area (Å²) in [6.07, 6.45) is -4.79. The topological polar surface area (TPSA) is 112 Å². The van der Waals surface area contributed by atoms with Gasteiger partial charge in [0.05, 0.1) is 22.4 Å². The largest absolute Gasteiger partial charge is 0.457 e. The summed E-state index contributed by atoms with van der Waals surface area (Å²) in [6, 6.07) is 20.9. The summed E-state index contributed by atoms with van der Waals surface area (Å²) >= 11 is 0. The van der Waals surface area contributed by atoms with Gasteiger partial charge in [0.1, 0.15) is 11.5 Å². The van der Waals surface area contributed by atoms with Crippen LogP contribution in [-0.4, -0.2) is 25.4 Å². The van der Waals surface area contributed by atoms with E-state index < -0.39 is 22.7 Å². The van der Waals surface area contributed by atoms with E-state index in [1.807, 2.05) is 13.0 Å².